The van der Waals surface area contributed by atoms with Gasteiger partial charge in [-0.3, -0.25) is 14.6 Å². The SMILES string of the molecule is Cc1cc(Nc2n[nH]c(-c3ccc(NS(=O)(=O)C(F)F)c(OCCc4ccc(F)cc4)c3)c2C(N)=O)on1. The van der Waals surface area contributed by atoms with Gasteiger partial charge >= 0.3 is 5.76 Å². The predicted molar refractivity (Wildman–Crippen MR) is 131 cm³/mol. The number of rotatable bonds is 11. The van der Waals surface area contributed by atoms with Crippen LogP contribution in [0.3, 0.4) is 0 Å². The van der Waals surface area contributed by atoms with Gasteiger partial charge in [0.15, 0.2) is 5.82 Å². The lowest BCUT2D eigenvalue weighted by molar-refractivity contribution is 0.100. The van der Waals surface area contributed by atoms with Gasteiger partial charge in [-0.25, -0.2) is 12.8 Å². The molecule has 0 aliphatic carbocycles. The standard InChI is InChI=1S/C23H21F3N6O5S/c1-12-10-18(37-31-12)28-22-19(21(27)33)20(29-30-22)14-4-7-16(32-38(34,35)23(25)26)17(11-14)36-9-8-13-2-5-15(24)6-3-13/h2-7,10-11,23,32H,8-9H2,1H3,(H2,27,33)(H2,28,29,30). The van der Waals surface area contributed by atoms with Crippen molar-refractivity contribution in [1.82, 2.24) is 15.4 Å². The van der Waals surface area contributed by atoms with Crippen LogP contribution in [-0.2, 0) is 16.4 Å². The smallest absolute Gasteiger partial charge is 0.355 e. The number of nitrogens with one attached hydrogen (secondary N) is 3. The second kappa shape index (κ2) is 10.8. The number of aromatic amines is 1. The molecule has 2 aromatic heterocycles. The Kier molecular flexibility index (Phi) is 7.57. The van der Waals surface area contributed by atoms with Gasteiger partial charge in [0.1, 0.15) is 17.1 Å². The van der Waals surface area contributed by atoms with Crippen molar-refractivity contribution in [3.63, 3.8) is 0 Å². The first-order chi connectivity index (χ1) is 18.0. The number of H-pyrrole nitrogens is 1. The number of ether oxygens (including phenoxy) is 1. The van der Waals surface area contributed by atoms with Crippen molar-refractivity contribution >= 4 is 33.3 Å². The molecule has 5 N–H and O–H groups in total. The highest BCUT2D eigenvalue weighted by Gasteiger charge is 2.26. The molecule has 0 saturated carbocycles. The average Bonchev–Trinajstić information content (AvgIpc) is 3.47. The van der Waals surface area contributed by atoms with Gasteiger partial charge < -0.3 is 20.3 Å². The van der Waals surface area contributed by atoms with Crippen LogP contribution in [-0.4, -0.2) is 42.0 Å². The van der Waals surface area contributed by atoms with Gasteiger partial charge in [-0.15, -0.1) is 0 Å². The van der Waals surface area contributed by atoms with Gasteiger partial charge in [0.2, 0.25) is 5.88 Å². The number of sulfonamides is 1. The van der Waals surface area contributed by atoms with Crippen LogP contribution in [0.25, 0.3) is 11.3 Å². The number of primary amides is 1. The van der Waals surface area contributed by atoms with Crippen molar-refractivity contribution in [3.05, 3.63) is 71.2 Å². The summed E-state index contributed by atoms with van der Waals surface area (Å²) in [5.74, 6) is -4.83. The lowest BCUT2D eigenvalue weighted by atomic mass is 10.1. The van der Waals surface area contributed by atoms with Gasteiger partial charge in [-0.1, -0.05) is 23.4 Å². The van der Waals surface area contributed by atoms with Crippen molar-refractivity contribution in [2.24, 2.45) is 5.73 Å². The number of aromatic nitrogens is 3. The number of hydrogen-bond acceptors (Lipinski definition) is 8. The van der Waals surface area contributed by atoms with Gasteiger partial charge in [0.25, 0.3) is 15.9 Å². The van der Waals surface area contributed by atoms with E-state index in [1.54, 1.807) is 29.8 Å². The molecule has 0 atom stereocenters. The summed E-state index contributed by atoms with van der Waals surface area (Å²) in [4.78, 5) is 12.3. The summed E-state index contributed by atoms with van der Waals surface area (Å²) in [6, 6.07) is 11.1. The minimum atomic E-state index is -5.01. The largest absolute Gasteiger partial charge is 0.491 e. The normalized spacial score (nSPS) is 11.5. The summed E-state index contributed by atoms with van der Waals surface area (Å²) < 4.78 is 75.3. The summed E-state index contributed by atoms with van der Waals surface area (Å²) in [5.41, 5.74) is 6.98. The summed E-state index contributed by atoms with van der Waals surface area (Å²) >= 11 is 0. The monoisotopic (exact) mass is 550 g/mol. The van der Waals surface area contributed by atoms with Crippen molar-refractivity contribution in [2.45, 2.75) is 19.1 Å². The molecular weight excluding hydrogens is 529 g/mol. The zero-order valence-corrected chi connectivity index (χ0v) is 20.5. The van der Waals surface area contributed by atoms with Crippen LogP contribution in [0.5, 0.6) is 5.75 Å². The molecule has 0 fully saturated rings. The highest BCUT2D eigenvalue weighted by molar-refractivity contribution is 7.93. The summed E-state index contributed by atoms with van der Waals surface area (Å²) in [5, 5.41) is 13.2. The number of amides is 1. The van der Waals surface area contributed by atoms with Crippen LogP contribution in [0.1, 0.15) is 21.6 Å². The number of carbonyl (C=O) groups is 1. The van der Waals surface area contributed by atoms with E-state index in [4.69, 9.17) is 15.0 Å². The van der Waals surface area contributed by atoms with E-state index in [-0.39, 0.29) is 46.6 Å². The molecule has 200 valence electrons. The van der Waals surface area contributed by atoms with E-state index in [0.29, 0.717) is 12.1 Å². The molecule has 4 rings (SSSR count). The molecule has 0 radical (unpaired) electrons. The molecule has 2 heterocycles. The van der Waals surface area contributed by atoms with Crippen LogP contribution in [0.2, 0.25) is 0 Å². The number of alkyl halides is 2. The van der Waals surface area contributed by atoms with E-state index in [1.807, 2.05) is 0 Å². The van der Waals surface area contributed by atoms with Crippen molar-refractivity contribution in [1.29, 1.82) is 0 Å². The molecule has 15 heteroatoms. The van der Waals surface area contributed by atoms with Crippen LogP contribution in [0, 0.1) is 12.7 Å². The van der Waals surface area contributed by atoms with Crippen LogP contribution < -0.4 is 20.5 Å². The summed E-state index contributed by atoms with van der Waals surface area (Å²) in [6.07, 6.45) is 0.298. The van der Waals surface area contributed by atoms with E-state index in [0.717, 1.165) is 5.56 Å². The maximum absolute atomic E-state index is 13.2. The zero-order valence-electron chi connectivity index (χ0n) is 19.7. The number of nitrogens with two attached hydrogens (primary N) is 1. The first-order valence-electron chi connectivity index (χ1n) is 10.9. The van der Waals surface area contributed by atoms with Crippen LogP contribution in [0.15, 0.2) is 53.1 Å². The number of anilines is 3. The number of aryl methyl sites for hydroxylation is 1. The quantitative estimate of drug-likeness (QED) is 0.218. The number of benzene rings is 2. The van der Waals surface area contributed by atoms with Gasteiger partial charge in [-0.2, -0.15) is 13.9 Å². The molecule has 4 aromatic rings. The molecule has 11 nitrogen and oxygen atoms in total. The maximum atomic E-state index is 13.2. The lowest BCUT2D eigenvalue weighted by Crippen LogP contribution is -2.21. The maximum Gasteiger partial charge on any atom is 0.355 e. The van der Waals surface area contributed by atoms with Crippen LogP contribution in [0.4, 0.5) is 30.6 Å². The molecule has 0 saturated heterocycles. The van der Waals surface area contributed by atoms with E-state index in [1.165, 1.54) is 30.3 Å². The highest BCUT2D eigenvalue weighted by atomic mass is 32.2. The number of nitrogens with zero attached hydrogens (tertiary/aromatic N) is 2. The summed E-state index contributed by atoms with van der Waals surface area (Å²) in [6.45, 7) is 1.68. The number of hydrogen-bond donors (Lipinski definition) is 4. The Morgan fingerprint density at radius 3 is 2.55 bits per heavy atom. The van der Waals surface area contributed by atoms with Crippen molar-refractivity contribution < 1.29 is 35.6 Å². The Hall–Kier alpha value is -4.53. The Morgan fingerprint density at radius 1 is 1.18 bits per heavy atom. The van der Waals surface area contributed by atoms with Crippen LogP contribution >= 0.6 is 0 Å². The fourth-order valence-electron chi connectivity index (χ4n) is 3.43. The fourth-order valence-corrected chi connectivity index (χ4v) is 3.99. The van der Waals surface area contributed by atoms with E-state index < -0.39 is 27.5 Å². The molecule has 0 spiro atoms. The molecule has 2 aromatic carbocycles. The van der Waals surface area contributed by atoms with E-state index >= 15 is 0 Å². The fraction of sp³-hybridized carbons (Fsp3) is 0.174. The van der Waals surface area contributed by atoms with E-state index in [9.17, 15) is 26.4 Å². The topological polar surface area (TPSA) is 165 Å². The lowest BCUT2D eigenvalue weighted by Gasteiger charge is -2.15. The zero-order chi connectivity index (χ0) is 27.4. The Morgan fingerprint density at radius 2 is 1.92 bits per heavy atom. The molecule has 1 amide bonds. The van der Waals surface area contributed by atoms with Crippen molar-refractivity contribution in [3.8, 4) is 17.0 Å². The minimum Gasteiger partial charge on any atom is -0.491 e. The third kappa shape index (κ3) is 6.05. The Bertz CT molecular complexity index is 1550. The predicted octanol–water partition coefficient (Wildman–Crippen LogP) is 3.94. The number of halogens is 3. The summed E-state index contributed by atoms with van der Waals surface area (Å²) in [7, 11) is -5.01. The first-order valence-corrected chi connectivity index (χ1v) is 12.5. The third-order valence-electron chi connectivity index (χ3n) is 5.20. The number of carbonyl (C=O) groups excluding carboxylic acids is 1. The van der Waals surface area contributed by atoms with Gasteiger partial charge in [0.05, 0.1) is 23.7 Å². The van der Waals surface area contributed by atoms with Crippen molar-refractivity contribution in [2.75, 3.05) is 16.6 Å². The first kappa shape index (κ1) is 26.5. The third-order valence-corrected chi connectivity index (χ3v) is 6.17. The van der Waals surface area contributed by atoms with E-state index in [2.05, 4.69) is 20.7 Å². The molecule has 0 bridgehead atoms. The Labute approximate surface area is 214 Å². The van der Waals surface area contributed by atoms with Gasteiger partial charge in [0, 0.05) is 18.1 Å². The average molecular weight is 551 g/mol. The Balaban J connectivity index is 1.67. The molecule has 0 aliphatic rings. The molecule has 0 unspecified atom stereocenters. The van der Waals surface area contributed by atoms with Gasteiger partial charge in [-0.05, 0) is 36.8 Å². The molecular formula is C23H21F3N6O5S. The minimum absolute atomic E-state index is 0.0121. The molecule has 0 aliphatic heterocycles. The highest BCUT2D eigenvalue weighted by Crippen LogP contribution is 2.35. The molecule has 38 heavy (non-hydrogen) atoms. The second-order valence-electron chi connectivity index (χ2n) is 7.99. The second-order valence-corrected chi connectivity index (χ2v) is 9.64.